The summed E-state index contributed by atoms with van der Waals surface area (Å²) in [4.78, 5) is 29.7. The molecule has 7 heteroatoms. The summed E-state index contributed by atoms with van der Waals surface area (Å²) in [5.74, 6) is 0.723. The molecular formula is C19H18N4O2S. The Morgan fingerprint density at radius 2 is 1.96 bits per heavy atom. The molecule has 2 aromatic carbocycles. The van der Waals surface area contributed by atoms with Gasteiger partial charge in [-0.25, -0.2) is 4.98 Å². The normalized spacial score (nSPS) is 14.2. The Bertz CT molecular complexity index is 952. The number of anilines is 1. The monoisotopic (exact) mass is 366 g/mol. The van der Waals surface area contributed by atoms with Gasteiger partial charge in [-0.2, -0.15) is 0 Å². The summed E-state index contributed by atoms with van der Waals surface area (Å²) < 4.78 is 2.01. The van der Waals surface area contributed by atoms with Crippen LogP contribution >= 0.6 is 11.8 Å². The molecule has 0 atom stereocenters. The molecule has 1 aromatic heterocycles. The van der Waals surface area contributed by atoms with Crippen molar-refractivity contribution in [2.24, 2.45) is 0 Å². The van der Waals surface area contributed by atoms with E-state index in [2.05, 4.69) is 10.3 Å². The average molecular weight is 366 g/mol. The van der Waals surface area contributed by atoms with Crippen LogP contribution in [0.2, 0.25) is 0 Å². The molecule has 0 spiro atoms. The van der Waals surface area contributed by atoms with Crippen molar-refractivity contribution in [3.8, 4) is 5.69 Å². The quantitative estimate of drug-likeness (QED) is 0.750. The fourth-order valence-corrected chi connectivity index (χ4v) is 3.81. The topological polar surface area (TPSA) is 67.2 Å². The van der Waals surface area contributed by atoms with Crippen molar-refractivity contribution >= 4 is 39.6 Å². The van der Waals surface area contributed by atoms with E-state index in [0.717, 1.165) is 34.7 Å². The third-order valence-electron chi connectivity index (χ3n) is 4.34. The zero-order chi connectivity index (χ0) is 17.9. The molecule has 4 rings (SSSR count). The number of para-hydroxylation sites is 2. The molecule has 0 aliphatic carbocycles. The van der Waals surface area contributed by atoms with E-state index in [-0.39, 0.29) is 11.1 Å². The lowest BCUT2D eigenvalue weighted by Crippen LogP contribution is -2.27. The number of rotatable bonds is 5. The highest BCUT2D eigenvalue weighted by molar-refractivity contribution is 8.13. The van der Waals surface area contributed by atoms with E-state index in [1.807, 2.05) is 53.1 Å². The van der Waals surface area contributed by atoms with Crippen LogP contribution in [0.5, 0.6) is 0 Å². The first-order valence-corrected chi connectivity index (χ1v) is 9.43. The van der Waals surface area contributed by atoms with Gasteiger partial charge >= 0.3 is 0 Å². The van der Waals surface area contributed by atoms with Crippen molar-refractivity contribution in [2.75, 3.05) is 24.2 Å². The fraction of sp³-hybridized carbons (Fsp3) is 0.211. The van der Waals surface area contributed by atoms with Crippen molar-refractivity contribution in [3.05, 3.63) is 54.9 Å². The molecule has 132 valence electrons. The van der Waals surface area contributed by atoms with Crippen LogP contribution in [-0.4, -0.2) is 44.4 Å². The summed E-state index contributed by atoms with van der Waals surface area (Å²) in [6.45, 7) is 1.20. The van der Waals surface area contributed by atoms with Crippen molar-refractivity contribution in [1.82, 2.24) is 14.5 Å². The van der Waals surface area contributed by atoms with Gasteiger partial charge in [0.15, 0.2) is 0 Å². The first-order valence-electron chi connectivity index (χ1n) is 8.45. The average Bonchev–Trinajstić information content (AvgIpc) is 3.27. The standard InChI is InChI=1S/C19H18N4O2S/c24-18(9-10-22-11-12-26-19(22)25)21-14-5-7-15(8-6-14)23-13-20-16-3-1-2-4-17(16)23/h1-8,13H,9-12H2,(H,21,24). The van der Waals surface area contributed by atoms with Crippen LogP contribution in [0.15, 0.2) is 54.9 Å². The minimum absolute atomic E-state index is 0.0645. The summed E-state index contributed by atoms with van der Waals surface area (Å²) >= 11 is 1.31. The first-order chi connectivity index (χ1) is 12.7. The molecular weight excluding hydrogens is 348 g/mol. The van der Waals surface area contributed by atoms with Crippen molar-refractivity contribution in [1.29, 1.82) is 0 Å². The minimum Gasteiger partial charge on any atom is -0.332 e. The minimum atomic E-state index is -0.0875. The summed E-state index contributed by atoms with van der Waals surface area (Å²) in [5.41, 5.74) is 3.71. The van der Waals surface area contributed by atoms with Gasteiger partial charge in [0.25, 0.3) is 5.24 Å². The maximum atomic E-state index is 12.1. The smallest absolute Gasteiger partial charge is 0.281 e. The molecule has 26 heavy (non-hydrogen) atoms. The lowest BCUT2D eigenvalue weighted by Gasteiger charge is -2.14. The van der Waals surface area contributed by atoms with E-state index in [4.69, 9.17) is 0 Å². The molecule has 0 unspecified atom stereocenters. The highest BCUT2D eigenvalue weighted by Gasteiger charge is 2.21. The number of benzene rings is 2. The highest BCUT2D eigenvalue weighted by Crippen LogP contribution is 2.20. The second-order valence-electron chi connectivity index (χ2n) is 6.05. The van der Waals surface area contributed by atoms with Crippen LogP contribution in [0.25, 0.3) is 16.7 Å². The van der Waals surface area contributed by atoms with Crippen LogP contribution < -0.4 is 5.32 Å². The molecule has 0 saturated carbocycles. The Hall–Kier alpha value is -2.80. The zero-order valence-corrected chi connectivity index (χ0v) is 14.9. The summed E-state index contributed by atoms with van der Waals surface area (Å²) in [6.07, 6.45) is 2.10. The summed E-state index contributed by atoms with van der Waals surface area (Å²) in [5, 5.41) is 2.95. The largest absolute Gasteiger partial charge is 0.332 e. The number of carbonyl (C=O) groups is 2. The third kappa shape index (κ3) is 3.43. The Morgan fingerprint density at radius 1 is 1.15 bits per heavy atom. The SMILES string of the molecule is O=C(CCN1CCSC1=O)Nc1ccc(-n2cnc3ccccc32)cc1. The third-order valence-corrected chi connectivity index (χ3v) is 5.23. The number of aromatic nitrogens is 2. The Balaban J connectivity index is 1.40. The summed E-state index contributed by atoms with van der Waals surface area (Å²) in [6, 6.07) is 15.6. The van der Waals surface area contributed by atoms with Gasteiger partial charge in [-0.1, -0.05) is 23.9 Å². The molecule has 1 N–H and O–H groups in total. The first kappa shape index (κ1) is 16.7. The second-order valence-corrected chi connectivity index (χ2v) is 7.10. The van der Waals surface area contributed by atoms with Gasteiger partial charge in [-0.05, 0) is 36.4 Å². The van der Waals surface area contributed by atoms with Crippen LogP contribution in [0, 0.1) is 0 Å². The number of carbonyl (C=O) groups excluding carboxylic acids is 2. The number of amides is 2. The van der Waals surface area contributed by atoms with Gasteiger partial charge in [0, 0.05) is 36.6 Å². The fourth-order valence-electron chi connectivity index (χ4n) is 2.96. The van der Waals surface area contributed by atoms with Gasteiger partial charge in [0.1, 0.15) is 6.33 Å². The summed E-state index contributed by atoms with van der Waals surface area (Å²) in [7, 11) is 0. The van der Waals surface area contributed by atoms with Crippen LogP contribution in [0.4, 0.5) is 10.5 Å². The molecule has 0 bridgehead atoms. The number of imidazole rings is 1. The molecule has 6 nitrogen and oxygen atoms in total. The van der Waals surface area contributed by atoms with Gasteiger partial charge in [-0.3, -0.25) is 14.2 Å². The molecule has 1 aliphatic heterocycles. The number of thioether (sulfide) groups is 1. The lowest BCUT2D eigenvalue weighted by atomic mass is 10.2. The van der Waals surface area contributed by atoms with Gasteiger partial charge in [-0.15, -0.1) is 0 Å². The molecule has 0 radical (unpaired) electrons. The van der Waals surface area contributed by atoms with Crippen molar-refractivity contribution in [2.45, 2.75) is 6.42 Å². The van der Waals surface area contributed by atoms with Gasteiger partial charge in [0.05, 0.1) is 11.0 Å². The number of nitrogens with one attached hydrogen (secondary N) is 1. The van der Waals surface area contributed by atoms with Crippen LogP contribution in [0.3, 0.4) is 0 Å². The second kappa shape index (κ2) is 7.21. The molecule has 1 aliphatic rings. The van der Waals surface area contributed by atoms with Crippen LogP contribution in [0.1, 0.15) is 6.42 Å². The van der Waals surface area contributed by atoms with Crippen molar-refractivity contribution in [3.63, 3.8) is 0 Å². The molecule has 2 heterocycles. The van der Waals surface area contributed by atoms with Gasteiger partial charge in [0.2, 0.25) is 5.91 Å². The Labute approximate surface area is 155 Å². The number of fused-ring (bicyclic) bond motifs is 1. The maximum absolute atomic E-state index is 12.1. The molecule has 1 fully saturated rings. The van der Waals surface area contributed by atoms with E-state index in [9.17, 15) is 9.59 Å². The lowest BCUT2D eigenvalue weighted by molar-refractivity contribution is -0.116. The number of hydrogen-bond acceptors (Lipinski definition) is 4. The van der Waals surface area contributed by atoms with E-state index < -0.39 is 0 Å². The molecule has 1 saturated heterocycles. The van der Waals surface area contributed by atoms with E-state index in [0.29, 0.717) is 13.0 Å². The number of nitrogens with zero attached hydrogens (tertiary/aromatic N) is 3. The predicted octanol–water partition coefficient (Wildman–Crippen LogP) is 3.52. The van der Waals surface area contributed by atoms with Crippen LogP contribution in [-0.2, 0) is 4.79 Å². The molecule has 3 aromatic rings. The Morgan fingerprint density at radius 3 is 2.73 bits per heavy atom. The zero-order valence-electron chi connectivity index (χ0n) is 14.1. The highest BCUT2D eigenvalue weighted by atomic mass is 32.2. The Kier molecular flexibility index (Phi) is 4.62. The number of hydrogen-bond donors (Lipinski definition) is 1. The van der Waals surface area contributed by atoms with Crippen molar-refractivity contribution < 1.29 is 9.59 Å². The van der Waals surface area contributed by atoms with E-state index in [1.54, 1.807) is 11.2 Å². The van der Waals surface area contributed by atoms with E-state index in [1.165, 1.54) is 11.8 Å². The van der Waals surface area contributed by atoms with E-state index >= 15 is 0 Å². The molecule has 2 amide bonds. The maximum Gasteiger partial charge on any atom is 0.281 e. The van der Waals surface area contributed by atoms with Gasteiger partial charge < -0.3 is 10.2 Å². The predicted molar refractivity (Wildman–Crippen MR) is 104 cm³/mol.